The second-order valence-corrected chi connectivity index (χ2v) is 3.86. The molecule has 0 aromatic heterocycles. The summed E-state index contributed by atoms with van der Waals surface area (Å²) in [6.45, 7) is 2.62. The predicted octanol–water partition coefficient (Wildman–Crippen LogP) is 1.91. The zero-order chi connectivity index (χ0) is 13.5. The van der Waals surface area contributed by atoms with E-state index in [-0.39, 0.29) is 11.8 Å². The number of hydrogen-bond acceptors (Lipinski definition) is 4. The quantitative estimate of drug-likeness (QED) is 0.756. The molecule has 0 radical (unpaired) electrons. The maximum atomic E-state index is 9.78. The number of methoxy groups -OCH3 is 2. The molecule has 0 aliphatic rings. The van der Waals surface area contributed by atoms with Gasteiger partial charge >= 0.3 is 0 Å². The maximum Gasteiger partial charge on any atom is 0.200 e. The van der Waals surface area contributed by atoms with Gasteiger partial charge in [-0.2, -0.15) is 0 Å². The van der Waals surface area contributed by atoms with Gasteiger partial charge in [0, 0.05) is 6.54 Å². The molecule has 2 N–H and O–H groups in total. The zero-order valence-corrected chi connectivity index (χ0v) is 11.0. The van der Waals surface area contributed by atoms with Crippen LogP contribution >= 0.6 is 0 Å². The van der Waals surface area contributed by atoms with Crippen LogP contribution in [0.2, 0.25) is 0 Å². The van der Waals surface area contributed by atoms with Crippen LogP contribution in [0.3, 0.4) is 0 Å². The first-order valence-electron chi connectivity index (χ1n) is 5.79. The van der Waals surface area contributed by atoms with Crippen molar-refractivity contribution in [3.63, 3.8) is 0 Å². The van der Waals surface area contributed by atoms with Crippen molar-refractivity contribution in [3.05, 3.63) is 17.7 Å². The smallest absolute Gasteiger partial charge is 0.200 e. The Labute approximate surface area is 108 Å². The summed E-state index contributed by atoms with van der Waals surface area (Å²) in [5.74, 6) is 3.45. The fourth-order valence-corrected chi connectivity index (χ4v) is 1.61. The molecule has 0 aliphatic carbocycles. The molecule has 0 saturated carbocycles. The normalized spacial score (nSPS) is 11.7. The van der Waals surface area contributed by atoms with Gasteiger partial charge in [-0.3, -0.25) is 5.32 Å². The number of benzene rings is 1. The van der Waals surface area contributed by atoms with E-state index >= 15 is 0 Å². The summed E-state index contributed by atoms with van der Waals surface area (Å²) >= 11 is 0. The molecular formula is C14H19NO3. The largest absolute Gasteiger partial charge is 0.502 e. The van der Waals surface area contributed by atoms with E-state index in [2.05, 4.69) is 11.2 Å². The topological polar surface area (TPSA) is 50.7 Å². The predicted molar refractivity (Wildman–Crippen MR) is 71.0 cm³/mol. The molecule has 0 amide bonds. The molecular weight excluding hydrogens is 230 g/mol. The van der Waals surface area contributed by atoms with Crippen molar-refractivity contribution in [1.29, 1.82) is 0 Å². The van der Waals surface area contributed by atoms with Gasteiger partial charge in [0.15, 0.2) is 11.5 Å². The Morgan fingerprint density at radius 3 is 2.28 bits per heavy atom. The Bertz CT molecular complexity index is 412. The number of nitrogens with one attached hydrogen (secondary N) is 1. The van der Waals surface area contributed by atoms with Gasteiger partial charge in [-0.25, -0.2) is 0 Å². The number of terminal acetylenes is 1. The molecule has 0 bridgehead atoms. The average Bonchev–Trinajstić information content (AvgIpc) is 2.41. The van der Waals surface area contributed by atoms with Gasteiger partial charge < -0.3 is 14.6 Å². The number of rotatable bonds is 6. The molecule has 1 aromatic carbocycles. The van der Waals surface area contributed by atoms with E-state index < -0.39 is 0 Å². The second kappa shape index (κ2) is 6.77. The molecule has 1 rings (SSSR count). The summed E-state index contributed by atoms with van der Waals surface area (Å²) in [4.78, 5) is 0. The zero-order valence-electron chi connectivity index (χ0n) is 11.0. The summed E-state index contributed by atoms with van der Waals surface area (Å²) in [5.41, 5.74) is 0.940. The van der Waals surface area contributed by atoms with Crippen LogP contribution < -0.4 is 14.8 Å². The Balaban J connectivity index is 2.87. The Hall–Kier alpha value is -1.86. The lowest BCUT2D eigenvalue weighted by Crippen LogP contribution is -2.26. The molecule has 1 unspecified atom stereocenters. The minimum atomic E-state index is 0.00717. The molecule has 0 aliphatic heterocycles. The summed E-state index contributed by atoms with van der Waals surface area (Å²) in [6.07, 6.45) is 6.25. The van der Waals surface area contributed by atoms with Crippen molar-refractivity contribution in [3.8, 4) is 29.6 Å². The minimum Gasteiger partial charge on any atom is -0.502 e. The van der Waals surface area contributed by atoms with Gasteiger partial charge in [0.1, 0.15) is 0 Å². The van der Waals surface area contributed by atoms with Gasteiger partial charge in [0.2, 0.25) is 5.75 Å². The molecule has 0 heterocycles. The summed E-state index contributed by atoms with van der Waals surface area (Å²) in [7, 11) is 3.00. The lowest BCUT2D eigenvalue weighted by molar-refractivity contribution is 0.339. The molecule has 18 heavy (non-hydrogen) atoms. The Morgan fingerprint density at radius 1 is 1.33 bits per heavy atom. The molecule has 4 nitrogen and oxygen atoms in total. The van der Waals surface area contributed by atoms with Crippen molar-refractivity contribution in [2.75, 3.05) is 14.2 Å². The maximum absolute atomic E-state index is 9.78. The van der Waals surface area contributed by atoms with Crippen LogP contribution in [0.4, 0.5) is 0 Å². The third-order valence-corrected chi connectivity index (χ3v) is 2.70. The Kier molecular flexibility index (Phi) is 5.34. The number of ether oxygens (including phenoxy) is 2. The molecule has 0 saturated heterocycles. The lowest BCUT2D eigenvalue weighted by atomic mass is 10.1. The minimum absolute atomic E-state index is 0.00717. The van der Waals surface area contributed by atoms with E-state index in [0.29, 0.717) is 18.0 Å². The van der Waals surface area contributed by atoms with Gasteiger partial charge in [0.05, 0.1) is 20.3 Å². The van der Waals surface area contributed by atoms with E-state index in [9.17, 15) is 5.11 Å². The first-order valence-corrected chi connectivity index (χ1v) is 5.79. The van der Waals surface area contributed by atoms with Crippen LogP contribution in [0.25, 0.3) is 0 Å². The molecule has 0 fully saturated rings. The number of aromatic hydroxyl groups is 1. The summed E-state index contributed by atoms with van der Waals surface area (Å²) < 4.78 is 10.2. The van der Waals surface area contributed by atoms with E-state index in [1.54, 1.807) is 12.1 Å². The number of phenolic OH excluding ortho intramolecular Hbond substituents is 1. The first-order chi connectivity index (χ1) is 8.65. The van der Waals surface area contributed by atoms with Gasteiger partial charge in [-0.1, -0.05) is 12.8 Å². The first kappa shape index (κ1) is 14.2. The Morgan fingerprint density at radius 2 is 1.89 bits per heavy atom. The van der Waals surface area contributed by atoms with Crippen LogP contribution in [0.15, 0.2) is 12.1 Å². The third kappa shape index (κ3) is 3.31. The van der Waals surface area contributed by atoms with Crippen LogP contribution in [0.1, 0.15) is 18.9 Å². The van der Waals surface area contributed by atoms with Crippen molar-refractivity contribution >= 4 is 0 Å². The highest BCUT2D eigenvalue weighted by atomic mass is 16.5. The molecule has 1 atom stereocenters. The van der Waals surface area contributed by atoms with Crippen molar-refractivity contribution in [2.24, 2.45) is 0 Å². The SMILES string of the molecule is C#CC(CC)NCc1cc(OC)c(O)c(OC)c1. The van der Waals surface area contributed by atoms with Gasteiger partial charge in [-0.05, 0) is 24.1 Å². The lowest BCUT2D eigenvalue weighted by Gasteiger charge is -2.14. The highest BCUT2D eigenvalue weighted by Crippen LogP contribution is 2.36. The van der Waals surface area contributed by atoms with Crippen LogP contribution in [-0.2, 0) is 6.54 Å². The van der Waals surface area contributed by atoms with E-state index in [0.717, 1.165) is 12.0 Å². The average molecular weight is 249 g/mol. The number of hydrogen-bond donors (Lipinski definition) is 2. The second-order valence-electron chi connectivity index (χ2n) is 3.86. The van der Waals surface area contributed by atoms with Crippen molar-refractivity contribution in [1.82, 2.24) is 5.32 Å². The van der Waals surface area contributed by atoms with Crippen molar-refractivity contribution in [2.45, 2.75) is 25.9 Å². The van der Waals surface area contributed by atoms with E-state index in [1.165, 1.54) is 14.2 Å². The van der Waals surface area contributed by atoms with Crippen LogP contribution in [0, 0.1) is 12.3 Å². The van der Waals surface area contributed by atoms with Crippen LogP contribution in [-0.4, -0.2) is 25.4 Å². The fraction of sp³-hybridized carbons (Fsp3) is 0.429. The monoisotopic (exact) mass is 249 g/mol. The van der Waals surface area contributed by atoms with Crippen LogP contribution in [0.5, 0.6) is 17.2 Å². The number of phenols is 1. The van der Waals surface area contributed by atoms with E-state index in [4.69, 9.17) is 15.9 Å². The fourth-order valence-electron chi connectivity index (χ4n) is 1.61. The molecule has 1 aromatic rings. The van der Waals surface area contributed by atoms with Crippen molar-refractivity contribution < 1.29 is 14.6 Å². The summed E-state index contributed by atoms with van der Waals surface area (Å²) in [6, 6.07) is 3.55. The summed E-state index contributed by atoms with van der Waals surface area (Å²) in [5, 5.41) is 13.0. The third-order valence-electron chi connectivity index (χ3n) is 2.70. The van der Waals surface area contributed by atoms with Gasteiger partial charge in [-0.15, -0.1) is 6.42 Å². The van der Waals surface area contributed by atoms with Gasteiger partial charge in [0.25, 0.3) is 0 Å². The molecule has 0 spiro atoms. The van der Waals surface area contributed by atoms with E-state index in [1.807, 2.05) is 6.92 Å². The highest BCUT2D eigenvalue weighted by Gasteiger charge is 2.11. The highest BCUT2D eigenvalue weighted by molar-refractivity contribution is 5.52. The molecule has 98 valence electrons. The molecule has 4 heteroatoms. The standard InChI is InChI=1S/C14H19NO3/c1-5-11(6-2)15-9-10-7-12(17-3)14(16)13(8-10)18-4/h1,7-8,11,15-16H,6,9H2,2-4H3.